The Hall–Kier alpha value is -1.92. The second-order valence-corrected chi connectivity index (χ2v) is 5.55. The highest BCUT2D eigenvalue weighted by Gasteiger charge is 2.24. The lowest BCUT2D eigenvalue weighted by molar-refractivity contribution is 0.0251. The molecule has 3 heterocycles. The number of aliphatic hydroxyl groups is 1. The summed E-state index contributed by atoms with van der Waals surface area (Å²) in [6.07, 6.45) is 6.62. The van der Waals surface area contributed by atoms with Gasteiger partial charge in [-0.05, 0) is 31.4 Å². The van der Waals surface area contributed by atoms with Crippen LogP contribution in [-0.2, 0) is 0 Å². The first-order valence-corrected chi connectivity index (χ1v) is 7.29. The average Bonchev–Trinajstić information content (AvgIpc) is 2.89. The van der Waals surface area contributed by atoms with E-state index in [0.29, 0.717) is 0 Å². The van der Waals surface area contributed by atoms with Gasteiger partial charge >= 0.3 is 0 Å². The number of hydrogen-bond acceptors (Lipinski definition) is 5. The largest absolute Gasteiger partial charge is 0.375 e. The zero-order valence-electron chi connectivity index (χ0n) is 12.2. The van der Waals surface area contributed by atoms with E-state index in [9.17, 15) is 5.11 Å². The maximum absolute atomic E-state index is 9.90. The van der Waals surface area contributed by atoms with Crippen molar-refractivity contribution in [3.63, 3.8) is 0 Å². The predicted octanol–water partition coefficient (Wildman–Crippen LogP) is 1.65. The van der Waals surface area contributed by atoms with Crippen LogP contribution in [-0.4, -0.2) is 50.3 Å². The Kier molecular flexibility index (Phi) is 3.90. The van der Waals surface area contributed by atoms with Crippen LogP contribution in [0.15, 0.2) is 25.2 Å². The van der Waals surface area contributed by atoms with Gasteiger partial charge in [-0.15, -0.1) is 0 Å². The van der Waals surface area contributed by atoms with E-state index in [1.165, 1.54) is 0 Å². The van der Waals surface area contributed by atoms with Gasteiger partial charge in [-0.3, -0.25) is 4.90 Å². The lowest BCUT2D eigenvalue weighted by atomic mass is 10.1. The number of rotatable bonds is 4. The summed E-state index contributed by atoms with van der Waals surface area (Å²) >= 11 is 0. The molecule has 2 atom stereocenters. The first-order valence-electron chi connectivity index (χ1n) is 7.29. The summed E-state index contributed by atoms with van der Waals surface area (Å²) in [5, 5.41) is 14.4. The molecule has 0 aromatic carbocycles. The maximum Gasteiger partial charge on any atom is 0.143 e. The van der Waals surface area contributed by atoms with Gasteiger partial charge in [-0.1, -0.05) is 6.58 Å². The molecule has 0 bridgehead atoms. The number of fused-ring (bicyclic) bond motifs is 1. The summed E-state index contributed by atoms with van der Waals surface area (Å²) in [6, 6.07) is 0.265. The molecule has 3 rings (SSSR count). The normalized spacial score (nSPS) is 21.3. The SMILES string of the molecule is C=CC(O)N1CCC[C@@H](Nc2ncnc3[nH]cc(C)c23)C1. The van der Waals surface area contributed by atoms with Crippen LogP contribution < -0.4 is 5.32 Å². The van der Waals surface area contributed by atoms with Gasteiger partial charge in [-0.25, -0.2) is 9.97 Å². The standard InChI is InChI=1S/C15H21N5O/c1-3-12(21)20-6-4-5-11(8-20)19-15-13-10(2)7-16-14(13)17-9-18-15/h3,7,9,11-12,21H,1,4-6,8H2,2H3,(H2,16,17,18,19)/t11-,12?/m1/s1. The number of aliphatic hydroxyl groups excluding tert-OH is 1. The Bertz CT molecular complexity index is 638. The van der Waals surface area contributed by atoms with E-state index in [1.54, 1.807) is 12.4 Å². The van der Waals surface area contributed by atoms with E-state index in [1.807, 2.05) is 18.0 Å². The third-order valence-electron chi connectivity index (χ3n) is 4.05. The van der Waals surface area contributed by atoms with Crippen molar-refractivity contribution in [3.05, 3.63) is 30.7 Å². The van der Waals surface area contributed by atoms with Crippen LogP contribution in [0.5, 0.6) is 0 Å². The average molecular weight is 287 g/mol. The van der Waals surface area contributed by atoms with Crippen molar-refractivity contribution in [2.24, 2.45) is 0 Å². The van der Waals surface area contributed by atoms with Crippen molar-refractivity contribution in [3.8, 4) is 0 Å². The minimum atomic E-state index is -0.575. The summed E-state index contributed by atoms with van der Waals surface area (Å²) < 4.78 is 0. The molecule has 2 aromatic heterocycles. The quantitative estimate of drug-likeness (QED) is 0.745. The van der Waals surface area contributed by atoms with Crippen molar-refractivity contribution in [2.45, 2.75) is 32.0 Å². The summed E-state index contributed by atoms with van der Waals surface area (Å²) in [5.41, 5.74) is 1.98. The first-order chi connectivity index (χ1) is 10.2. The summed E-state index contributed by atoms with van der Waals surface area (Å²) in [4.78, 5) is 13.8. The highest BCUT2D eigenvalue weighted by Crippen LogP contribution is 2.24. The van der Waals surface area contributed by atoms with Crippen LogP contribution >= 0.6 is 0 Å². The van der Waals surface area contributed by atoms with Crippen molar-refractivity contribution >= 4 is 16.9 Å². The summed E-state index contributed by atoms with van der Waals surface area (Å²) in [6.45, 7) is 7.37. The van der Waals surface area contributed by atoms with Gasteiger partial charge in [0.05, 0.1) is 5.39 Å². The molecule has 6 heteroatoms. The van der Waals surface area contributed by atoms with E-state index in [2.05, 4.69) is 26.8 Å². The predicted molar refractivity (Wildman–Crippen MR) is 83.0 cm³/mol. The number of aromatic amines is 1. The molecular formula is C15H21N5O. The Labute approximate surface area is 123 Å². The van der Waals surface area contributed by atoms with Gasteiger partial charge in [0.25, 0.3) is 0 Å². The van der Waals surface area contributed by atoms with Crippen molar-refractivity contribution in [1.82, 2.24) is 19.9 Å². The molecule has 3 N–H and O–H groups in total. The fourth-order valence-electron chi connectivity index (χ4n) is 2.93. The lowest BCUT2D eigenvalue weighted by Crippen LogP contribution is -2.46. The molecular weight excluding hydrogens is 266 g/mol. The van der Waals surface area contributed by atoms with Gasteiger partial charge in [-0.2, -0.15) is 0 Å². The van der Waals surface area contributed by atoms with Crippen LogP contribution in [0.4, 0.5) is 5.82 Å². The molecule has 0 spiro atoms. The van der Waals surface area contributed by atoms with Crippen LogP contribution in [0.1, 0.15) is 18.4 Å². The first kappa shape index (κ1) is 14.0. The van der Waals surface area contributed by atoms with E-state index in [0.717, 1.165) is 48.3 Å². The second kappa shape index (κ2) is 5.83. The van der Waals surface area contributed by atoms with E-state index in [4.69, 9.17) is 0 Å². The highest BCUT2D eigenvalue weighted by atomic mass is 16.3. The molecule has 1 fully saturated rings. The molecule has 1 unspecified atom stereocenters. The molecule has 1 saturated heterocycles. The molecule has 21 heavy (non-hydrogen) atoms. The van der Waals surface area contributed by atoms with Crippen LogP contribution in [0.25, 0.3) is 11.0 Å². The van der Waals surface area contributed by atoms with Crippen LogP contribution in [0.2, 0.25) is 0 Å². The molecule has 6 nitrogen and oxygen atoms in total. The fraction of sp³-hybridized carbons (Fsp3) is 0.467. The van der Waals surface area contributed by atoms with Crippen LogP contribution in [0.3, 0.4) is 0 Å². The van der Waals surface area contributed by atoms with E-state index >= 15 is 0 Å². The van der Waals surface area contributed by atoms with Crippen LogP contribution in [0, 0.1) is 6.92 Å². The minimum Gasteiger partial charge on any atom is -0.375 e. The third-order valence-corrected chi connectivity index (χ3v) is 4.05. The monoisotopic (exact) mass is 287 g/mol. The molecule has 0 aliphatic carbocycles. The molecule has 0 saturated carbocycles. The summed E-state index contributed by atoms with van der Waals surface area (Å²) in [5.74, 6) is 0.860. The number of aryl methyl sites for hydroxylation is 1. The zero-order chi connectivity index (χ0) is 14.8. The smallest absolute Gasteiger partial charge is 0.143 e. The Morgan fingerprint density at radius 3 is 3.24 bits per heavy atom. The number of hydrogen-bond donors (Lipinski definition) is 3. The maximum atomic E-state index is 9.90. The van der Waals surface area contributed by atoms with Crippen molar-refractivity contribution in [2.75, 3.05) is 18.4 Å². The number of H-pyrrole nitrogens is 1. The number of anilines is 1. The zero-order valence-corrected chi connectivity index (χ0v) is 12.2. The molecule has 0 amide bonds. The number of nitrogens with zero attached hydrogens (tertiary/aromatic N) is 3. The van der Waals surface area contributed by atoms with Crippen molar-refractivity contribution in [1.29, 1.82) is 0 Å². The van der Waals surface area contributed by atoms with E-state index in [-0.39, 0.29) is 6.04 Å². The highest BCUT2D eigenvalue weighted by molar-refractivity contribution is 5.90. The Morgan fingerprint density at radius 2 is 2.43 bits per heavy atom. The topological polar surface area (TPSA) is 77.1 Å². The van der Waals surface area contributed by atoms with Gasteiger partial charge in [0.15, 0.2) is 0 Å². The van der Waals surface area contributed by atoms with Gasteiger partial charge < -0.3 is 15.4 Å². The minimum absolute atomic E-state index is 0.265. The fourth-order valence-corrected chi connectivity index (χ4v) is 2.93. The van der Waals surface area contributed by atoms with Gasteiger partial charge in [0.2, 0.25) is 0 Å². The molecule has 1 aliphatic heterocycles. The number of nitrogens with one attached hydrogen (secondary N) is 2. The summed E-state index contributed by atoms with van der Waals surface area (Å²) in [7, 11) is 0. The van der Waals surface area contributed by atoms with E-state index < -0.39 is 6.23 Å². The van der Waals surface area contributed by atoms with Gasteiger partial charge in [0.1, 0.15) is 24.0 Å². The van der Waals surface area contributed by atoms with Gasteiger partial charge in [0, 0.05) is 25.3 Å². The molecule has 112 valence electrons. The molecule has 0 radical (unpaired) electrons. The molecule has 2 aromatic rings. The third kappa shape index (κ3) is 2.77. The number of aromatic nitrogens is 3. The number of piperidine rings is 1. The number of likely N-dealkylation sites (tertiary alicyclic amines) is 1. The Morgan fingerprint density at radius 1 is 1.57 bits per heavy atom. The molecule has 1 aliphatic rings. The second-order valence-electron chi connectivity index (χ2n) is 5.55. The van der Waals surface area contributed by atoms with Crippen molar-refractivity contribution < 1.29 is 5.11 Å². The lowest BCUT2D eigenvalue weighted by Gasteiger charge is -2.35. The Balaban J connectivity index is 1.79.